The fraction of sp³-hybridized carbons (Fsp3) is 0. The zero-order valence-electron chi connectivity index (χ0n) is 3.30. The van der Waals surface area contributed by atoms with E-state index in [2.05, 4.69) is 0 Å². The molecular weight excluding hydrogens is 122 g/mol. The Morgan fingerprint density at radius 1 is 1.33 bits per heavy atom. The van der Waals surface area contributed by atoms with Crippen molar-refractivity contribution in [2.45, 2.75) is 0 Å². The highest BCUT2D eigenvalue weighted by Crippen LogP contribution is 1.98. The Hall–Kier alpha value is 0.642. The monoisotopic (exact) mass is 129 g/mol. The van der Waals surface area contributed by atoms with Crippen molar-refractivity contribution in [1.29, 1.82) is 0 Å². The lowest BCUT2D eigenvalue weighted by Crippen LogP contribution is -1.38. The summed E-state index contributed by atoms with van der Waals surface area (Å²) in [6.07, 6.45) is 0. The smallest absolute Gasteiger partial charge is 0.314 e. The van der Waals surface area contributed by atoms with Crippen LogP contribution >= 0.6 is 8.25 Å². The first-order chi connectivity index (χ1) is 1.73. The van der Waals surface area contributed by atoms with Gasteiger partial charge in [0.25, 0.3) is 0 Å². The van der Waals surface area contributed by atoms with Crippen molar-refractivity contribution >= 4 is 25.6 Å². The molecule has 0 aliphatic carbocycles. The lowest BCUT2D eigenvalue weighted by Gasteiger charge is -1.61. The second-order valence-corrected chi connectivity index (χ2v) is 0.848. The van der Waals surface area contributed by atoms with Gasteiger partial charge in [0.2, 0.25) is 0 Å². The summed E-state index contributed by atoms with van der Waals surface area (Å²) in [7, 11) is -3.13. The molecule has 4 N–H and O–H groups in total. The highest BCUT2D eigenvalue weighted by Gasteiger charge is 1.61. The first-order valence-electron chi connectivity index (χ1n) is 0.651. The molecule has 6 heteroatoms. The van der Waals surface area contributed by atoms with Gasteiger partial charge in [-0.15, -0.1) is 0 Å². The van der Waals surface area contributed by atoms with Gasteiger partial charge in [-0.25, -0.2) is 0 Å². The molecule has 0 saturated heterocycles. The van der Waals surface area contributed by atoms with Crippen LogP contribution in [0.5, 0.6) is 0 Å². The quantitative estimate of drug-likeness (QED) is 0.282. The summed E-state index contributed by atoms with van der Waals surface area (Å²) in [6.45, 7) is 0. The van der Waals surface area contributed by atoms with Crippen LogP contribution in [0.15, 0.2) is 0 Å². The molecule has 0 aliphatic heterocycles. The van der Waals surface area contributed by atoms with Gasteiger partial charge in [-0.1, -0.05) is 0 Å². The molecule has 0 unspecified atom stereocenters. The fourth-order valence-corrected chi connectivity index (χ4v) is 0. The third kappa shape index (κ3) is 149. The average Bonchev–Trinajstić information content (AvgIpc) is 0.811. The van der Waals surface area contributed by atoms with Crippen LogP contribution < -0.4 is 0 Å². The Morgan fingerprint density at radius 3 is 1.33 bits per heavy atom. The van der Waals surface area contributed by atoms with Gasteiger partial charge in [-0.2, -0.15) is 0 Å². The summed E-state index contributed by atoms with van der Waals surface area (Å²) in [6, 6.07) is 0. The molecule has 0 rings (SSSR count). The van der Waals surface area contributed by atoms with Crippen LogP contribution in [0.2, 0.25) is 0 Å². The van der Waals surface area contributed by atoms with Crippen molar-refractivity contribution in [3.63, 3.8) is 0 Å². The van der Waals surface area contributed by atoms with E-state index >= 15 is 0 Å². The van der Waals surface area contributed by atoms with Crippen LogP contribution in [0.1, 0.15) is 0 Å². The molecule has 0 atom stereocenters. The molecule has 0 amide bonds. The second kappa shape index (κ2) is 9.17. The summed E-state index contributed by atoms with van der Waals surface area (Å²) in [5.74, 6) is 0. The van der Waals surface area contributed by atoms with Gasteiger partial charge in [0.05, 0.1) is 0 Å². The molecule has 0 saturated carbocycles. The third-order valence-electron chi connectivity index (χ3n) is 0. The van der Waals surface area contributed by atoms with E-state index in [1.807, 2.05) is 0 Å². The number of hydrogen-bond acceptors (Lipinski definition) is 1. The zero-order chi connectivity index (χ0) is 3.58. The Bertz CT molecular complexity index is 30.5. The van der Waals surface area contributed by atoms with E-state index < -0.39 is 8.25 Å². The summed E-state index contributed by atoms with van der Waals surface area (Å²) >= 11 is 0. The third-order valence-corrected chi connectivity index (χ3v) is 0. The molecule has 0 bridgehead atoms. The SMILES string of the molecule is O.O=[PH](O)O.[AlH2]. The average molecular weight is 129 g/mol. The molecule has 0 heterocycles. The Kier molecular flexibility index (Phi) is 24.4. The molecule has 6 heavy (non-hydrogen) atoms. The highest BCUT2D eigenvalue weighted by molar-refractivity contribution is 7.30. The summed E-state index contributed by atoms with van der Waals surface area (Å²) in [5.41, 5.74) is 0. The fourth-order valence-electron chi connectivity index (χ4n) is 0. The van der Waals surface area contributed by atoms with E-state index in [-0.39, 0.29) is 22.8 Å². The standard InChI is InChI=1S/Al.H3O3P.H2O.2H/c;1-4(2)3;;;/h;4H,(H2,1,2,3);1H2;;. The van der Waals surface area contributed by atoms with Crippen LogP contribution in [-0.2, 0) is 4.57 Å². The van der Waals surface area contributed by atoms with E-state index in [1.54, 1.807) is 0 Å². The molecule has 0 aromatic heterocycles. The maximum absolute atomic E-state index is 8.74. The largest absolute Gasteiger partial charge is 0.412 e. The Morgan fingerprint density at radius 2 is 1.33 bits per heavy atom. The molecule has 0 fully saturated rings. The normalized spacial score (nSPS) is 5.83. The first kappa shape index (κ1) is 15.9. The minimum Gasteiger partial charge on any atom is -0.412 e. The minimum absolute atomic E-state index is 0. The second-order valence-electron chi connectivity index (χ2n) is 0.283. The van der Waals surface area contributed by atoms with Crippen LogP contribution in [0, 0.1) is 0 Å². The summed E-state index contributed by atoms with van der Waals surface area (Å²) in [4.78, 5) is 14.3. The Labute approximate surface area is 46.2 Å². The lowest BCUT2D eigenvalue weighted by molar-refractivity contribution is 0.405. The maximum atomic E-state index is 8.74. The highest BCUT2D eigenvalue weighted by atomic mass is 31.1. The number of hydrogen-bond donors (Lipinski definition) is 2. The van der Waals surface area contributed by atoms with Crippen molar-refractivity contribution in [3.05, 3.63) is 0 Å². The molecule has 39 valence electrons. The first-order valence-corrected chi connectivity index (χ1v) is 1.95. The molecule has 0 spiro atoms. The molecule has 0 aliphatic rings. The van der Waals surface area contributed by atoms with Gasteiger partial charge in [-0.3, -0.25) is 4.57 Å². The van der Waals surface area contributed by atoms with Crippen molar-refractivity contribution < 1.29 is 19.8 Å². The topological polar surface area (TPSA) is 89.0 Å². The molecule has 1 radical (unpaired) electrons. The molecular formula is H7AlO4P. The summed E-state index contributed by atoms with van der Waals surface area (Å²) in [5, 5.41) is 0. The lowest BCUT2D eigenvalue weighted by atomic mass is 15.8. The van der Waals surface area contributed by atoms with Gasteiger partial charge in [0.1, 0.15) is 17.4 Å². The van der Waals surface area contributed by atoms with E-state index in [9.17, 15) is 0 Å². The predicted octanol–water partition coefficient (Wildman–Crippen LogP) is -2.38. The number of rotatable bonds is 0. The van der Waals surface area contributed by atoms with Crippen LogP contribution in [0.3, 0.4) is 0 Å². The minimum atomic E-state index is -3.13. The van der Waals surface area contributed by atoms with Crippen molar-refractivity contribution in [2.75, 3.05) is 0 Å². The maximum Gasteiger partial charge on any atom is 0.314 e. The van der Waals surface area contributed by atoms with Crippen molar-refractivity contribution in [1.82, 2.24) is 0 Å². The van der Waals surface area contributed by atoms with Crippen LogP contribution in [0.25, 0.3) is 0 Å². The van der Waals surface area contributed by atoms with Gasteiger partial charge >= 0.3 is 8.25 Å². The van der Waals surface area contributed by atoms with Crippen LogP contribution in [-0.4, -0.2) is 32.6 Å². The van der Waals surface area contributed by atoms with Crippen molar-refractivity contribution in [3.8, 4) is 0 Å². The molecule has 4 nitrogen and oxygen atoms in total. The van der Waals surface area contributed by atoms with Gasteiger partial charge in [0.15, 0.2) is 0 Å². The van der Waals surface area contributed by atoms with Gasteiger partial charge in [-0.05, 0) is 0 Å². The van der Waals surface area contributed by atoms with E-state index in [0.717, 1.165) is 0 Å². The van der Waals surface area contributed by atoms with E-state index in [4.69, 9.17) is 14.4 Å². The summed E-state index contributed by atoms with van der Waals surface area (Å²) < 4.78 is 8.74. The Balaban J connectivity index is -0.0000000450. The van der Waals surface area contributed by atoms with Gasteiger partial charge < -0.3 is 15.3 Å². The van der Waals surface area contributed by atoms with Gasteiger partial charge in [0, 0.05) is 0 Å². The molecule has 0 aromatic carbocycles. The zero-order valence-corrected chi connectivity index (χ0v) is 6.30. The van der Waals surface area contributed by atoms with E-state index in [0.29, 0.717) is 0 Å². The van der Waals surface area contributed by atoms with E-state index in [1.165, 1.54) is 0 Å². The molecule has 0 aromatic rings. The van der Waals surface area contributed by atoms with Crippen molar-refractivity contribution in [2.24, 2.45) is 0 Å². The predicted molar refractivity (Wildman–Crippen MR) is 25.6 cm³/mol. The van der Waals surface area contributed by atoms with Crippen LogP contribution in [0.4, 0.5) is 0 Å².